The Morgan fingerprint density at radius 1 is 1.16 bits per heavy atom. The summed E-state index contributed by atoms with van der Waals surface area (Å²) in [6, 6.07) is 7.08. The van der Waals surface area contributed by atoms with Crippen molar-refractivity contribution in [3.05, 3.63) is 65.2 Å². The van der Waals surface area contributed by atoms with Gasteiger partial charge in [-0.1, -0.05) is 6.07 Å². The van der Waals surface area contributed by atoms with Crippen LogP contribution in [0, 0.1) is 23.4 Å². The van der Waals surface area contributed by atoms with Crippen LogP contribution in [0.1, 0.15) is 41.7 Å². The summed E-state index contributed by atoms with van der Waals surface area (Å²) in [5, 5.41) is 0. The molecule has 0 radical (unpaired) electrons. The minimum atomic E-state index is -1.46. The van der Waals surface area contributed by atoms with Crippen molar-refractivity contribution in [2.75, 3.05) is 26.7 Å². The molecule has 0 aliphatic carbocycles. The second-order valence-electron chi connectivity index (χ2n) is 7.90. The lowest BCUT2D eigenvalue weighted by Crippen LogP contribution is -2.41. The van der Waals surface area contributed by atoms with Crippen molar-refractivity contribution in [2.24, 2.45) is 5.92 Å². The number of carbonyl (C=O) groups is 2. The van der Waals surface area contributed by atoms with Crippen LogP contribution in [-0.2, 0) is 11.2 Å². The Morgan fingerprint density at radius 2 is 1.94 bits per heavy atom. The molecule has 1 aromatic heterocycles. The highest BCUT2D eigenvalue weighted by molar-refractivity contribution is 5.94. The molecule has 0 bridgehead atoms. The summed E-state index contributed by atoms with van der Waals surface area (Å²) in [4.78, 5) is 32.3. The van der Waals surface area contributed by atoms with E-state index in [0.29, 0.717) is 51.4 Å². The maximum Gasteiger partial charge on any atom is 0.259 e. The first-order valence-corrected chi connectivity index (χ1v) is 10.4. The van der Waals surface area contributed by atoms with Crippen LogP contribution >= 0.6 is 0 Å². The fourth-order valence-corrected chi connectivity index (χ4v) is 3.84. The average Bonchev–Trinajstić information content (AvgIpc) is 2.79. The molecular formula is C23H26F3N3O2. The van der Waals surface area contributed by atoms with E-state index >= 15 is 0 Å². The first kappa shape index (κ1) is 22.8. The number of aromatic nitrogens is 1. The molecule has 1 atom stereocenters. The third-order valence-corrected chi connectivity index (χ3v) is 5.69. The zero-order chi connectivity index (χ0) is 22.4. The molecule has 2 amide bonds. The molecule has 0 N–H and O–H groups in total. The quantitative estimate of drug-likeness (QED) is 0.624. The zero-order valence-corrected chi connectivity index (χ0v) is 17.5. The number of pyridine rings is 1. The number of benzene rings is 1. The van der Waals surface area contributed by atoms with E-state index in [4.69, 9.17) is 0 Å². The molecular weight excluding hydrogens is 407 g/mol. The van der Waals surface area contributed by atoms with E-state index < -0.39 is 28.9 Å². The van der Waals surface area contributed by atoms with Gasteiger partial charge in [0.1, 0.15) is 11.4 Å². The number of rotatable bonds is 7. The van der Waals surface area contributed by atoms with E-state index in [9.17, 15) is 22.8 Å². The van der Waals surface area contributed by atoms with E-state index in [-0.39, 0.29) is 11.8 Å². The molecule has 2 aromatic rings. The van der Waals surface area contributed by atoms with Gasteiger partial charge in [0.15, 0.2) is 11.6 Å². The maximum atomic E-state index is 14.0. The van der Waals surface area contributed by atoms with Crippen LogP contribution in [0.5, 0.6) is 0 Å². The molecule has 0 spiro atoms. The number of amides is 2. The summed E-state index contributed by atoms with van der Waals surface area (Å²) in [6.07, 6.45) is 4.77. The predicted octanol–water partition coefficient (Wildman–Crippen LogP) is 3.83. The summed E-state index contributed by atoms with van der Waals surface area (Å²) < 4.78 is 41.4. The van der Waals surface area contributed by atoms with Gasteiger partial charge in [-0.25, -0.2) is 13.2 Å². The van der Waals surface area contributed by atoms with E-state index in [1.807, 2.05) is 18.2 Å². The Bertz CT molecular complexity index is 924. The molecule has 3 rings (SSSR count). The van der Waals surface area contributed by atoms with Crippen LogP contribution < -0.4 is 0 Å². The normalized spacial score (nSPS) is 16.3. The first-order valence-electron chi connectivity index (χ1n) is 10.4. The van der Waals surface area contributed by atoms with Crippen molar-refractivity contribution in [1.82, 2.24) is 14.8 Å². The van der Waals surface area contributed by atoms with Gasteiger partial charge in [0.25, 0.3) is 5.91 Å². The zero-order valence-electron chi connectivity index (χ0n) is 17.5. The Kier molecular flexibility index (Phi) is 7.65. The van der Waals surface area contributed by atoms with Crippen molar-refractivity contribution in [3.8, 4) is 0 Å². The second kappa shape index (κ2) is 10.4. The highest BCUT2D eigenvalue weighted by Crippen LogP contribution is 2.25. The monoisotopic (exact) mass is 433 g/mol. The molecule has 166 valence electrons. The number of likely N-dealkylation sites (N-methyl/N-ethyl adjacent to an activating group) is 1. The average molecular weight is 433 g/mol. The molecule has 5 nitrogen and oxygen atoms in total. The number of piperidine rings is 1. The van der Waals surface area contributed by atoms with Crippen LogP contribution in [0.25, 0.3) is 0 Å². The third-order valence-electron chi connectivity index (χ3n) is 5.69. The highest BCUT2D eigenvalue weighted by atomic mass is 19.2. The number of hydrogen-bond acceptors (Lipinski definition) is 3. The van der Waals surface area contributed by atoms with Gasteiger partial charge in [0, 0.05) is 51.4 Å². The molecule has 31 heavy (non-hydrogen) atoms. The van der Waals surface area contributed by atoms with Gasteiger partial charge < -0.3 is 9.80 Å². The fraction of sp³-hybridized carbons (Fsp3) is 0.435. The highest BCUT2D eigenvalue weighted by Gasteiger charge is 2.29. The molecule has 1 aliphatic heterocycles. The molecule has 1 aromatic carbocycles. The molecule has 1 aliphatic rings. The SMILES string of the molecule is CN(CCc1ccccn1)C(=O)CC[C@@H]1CCCN(C(=O)c2c(F)ccc(F)c2F)C1. The van der Waals surface area contributed by atoms with Gasteiger partial charge in [-0.15, -0.1) is 0 Å². The number of likely N-dealkylation sites (tertiary alicyclic amines) is 1. The second-order valence-corrected chi connectivity index (χ2v) is 7.90. The smallest absolute Gasteiger partial charge is 0.259 e. The van der Waals surface area contributed by atoms with Gasteiger partial charge in [-0.3, -0.25) is 14.6 Å². The number of halogens is 3. The van der Waals surface area contributed by atoms with E-state index in [2.05, 4.69) is 4.98 Å². The third kappa shape index (κ3) is 5.83. The number of carbonyl (C=O) groups excluding carboxylic acids is 2. The maximum absolute atomic E-state index is 14.0. The van der Waals surface area contributed by atoms with Crippen molar-refractivity contribution in [1.29, 1.82) is 0 Å². The topological polar surface area (TPSA) is 53.5 Å². The predicted molar refractivity (Wildman–Crippen MR) is 110 cm³/mol. The van der Waals surface area contributed by atoms with Crippen LogP contribution in [0.15, 0.2) is 36.5 Å². The van der Waals surface area contributed by atoms with Crippen LogP contribution in [-0.4, -0.2) is 53.3 Å². The summed E-state index contributed by atoms with van der Waals surface area (Å²) >= 11 is 0. The van der Waals surface area contributed by atoms with Crippen LogP contribution in [0.4, 0.5) is 13.2 Å². The molecule has 2 heterocycles. The Hall–Kier alpha value is -2.90. The van der Waals surface area contributed by atoms with Gasteiger partial charge in [0.2, 0.25) is 5.91 Å². The summed E-state index contributed by atoms with van der Waals surface area (Å²) in [5.41, 5.74) is 0.0615. The summed E-state index contributed by atoms with van der Waals surface area (Å²) in [5.74, 6) is -4.59. The Labute approximate surface area is 179 Å². The van der Waals surface area contributed by atoms with Gasteiger partial charge in [-0.2, -0.15) is 0 Å². The molecule has 1 saturated heterocycles. The van der Waals surface area contributed by atoms with Gasteiger partial charge in [0.05, 0.1) is 0 Å². The Balaban J connectivity index is 1.51. The summed E-state index contributed by atoms with van der Waals surface area (Å²) in [7, 11) is 1.75. The van der Waals surface area contributed by atoms with Gasteiger partial charge in [-0.05, 0) is 49.4 Å². The van der Waals surface area contributed by atoms with Crippen molar-refractivity contribution in [3.63, 3.8) is 0 Å². The van der Waals surface area contributed by atoms with Gasteiger partial charge >= 0.3 is 0 Å². The molecule has 0 unspecified atom stereocenters. The number of nitrogens with zero attached hydrogens (tertiary/aromatic N) is 3. The van der Waals surface area contributed by atoms with Crippen molar-refractivity contribution in [2.45, 2.75) is 32.1 Å². The van der Waals surface area contributed by atoms with Crippen molar-refractivity contribution >= 4 is 11.8 Å². The fourth-order valence-electron chi connectivity index (χ4n) is 3.84. The van der Waals surface area contributed by atoms with Crippen LogP contribution in [0.3, 0.4) is 0 Å². The lowest BCUT2D eigenvalue weighted by atomic mass is 9.92. The molecule has 8 heteroatoms. The molecule has 0 saturated carbocycles. The van der Waals surface area contributed by atoms with Crippen molar-refractivity contribution < 1.29 is 22.8 Å². The van der Waals surface area contributed by atoms with E-state index in [1.165, 1.54) is 4.90 Å². The standard InChI is InChI=1S/C23H26F3N3O2/c1-28(14-11-17-6-2-3-12-27-17)20(30)10-7-16-5-4-13-29(15-16)23(31)21-18(24)8-9-19(25)22(21)26/h2-3,6,8-9,12,16H,4-5,7,10-11,13-15H2,1H3/t16-/m0/s1. The first-order chi connectivity index (χ1) is 14.9. The Morgan fingerprint density at radius 3 is 2.68 bits per heavy atom. The minimum Gasteiger partial charge on any atom is -0.345 e. The lowest BCUT2D eigenvalue weighted by molar-refractivity contribution is -0.130. The minimum absolute atomic E-state index is 0.00148. The van der Waals surface area contributed by atoms with Crippen LogP contribution in [0.2, 0.25) is 0 Å². The molecule has 1 fully saturated rings. The van der Waals surface area contributed by atoms with E-state index in [0.717, 1.165) is 18.2 Å². The lowest BCUT2D eigenvalue weighted by Gasteiger charge is -2.33. The largest absolute Gasteiger partial charge is 0.345 e. The summed E-state index contributed by atoms with van der Waals surface area (Å²) in [6.45, 7) is 1.20. The van der Waals surface area contributed by atoms with E-state index in [1.54, 1.807) is 18.1 Å². The number of hydrogen-bond donors (Lipinski definition) is 0.